The minimum Gasteiger partial charge on any atom is -0.370 e. The Morgan fingerprint density at radius 1 is 1.07 bits per heavy atom. The Morgan fingerprint density at radius 2 is 1.64 bits per heavy atom. The normalized spacial score (nSPS) is 11.2. The average Bonchev–Trinajstić information content (AvgIpc) is 2.02. The summed E-state index contributed by atoms with van der Waals surface area (Å²) in [5.41, 5.74) is 7.73. The van der Waals surface area contributed by atoms with E-state index < -0.39 is 0 Å². The molecule has 0 spiro atoms. The molecular formula is C12H21NO. The molecule has 0 atom stereocenters. The fourth-order valence-electron chi connectivity index (χ4n) is 1.15. The van der Waals surface area contributed by atoms with E-state index in [4.69, 9.17) is 5.73 Å². The van der Waals surface area contributed by atoms with Gasteiger partial charge in [-0.05, 0) is 40.0 Å². The Morgan fingerprint density at radius 3 is 2.14 bits per heavy atom. The van der Waals surface area contributed by atoms with Crippen LogP contribution in [0, 0.1) is 0 Å². The molecule has 0 aliphatic heterocycles. The van der Waals surface area contributed by atoms with Crippen LogP contribution >= 0.6 is 0 Å². The van der Waals surface area contributed by atoms with Crippen molar-refractivity contribution in [1.82, 2.24) is 0 Å². The van der Waals surface area contributed by atoms with Crippen molar-refractivity contribution in [2.24, 2.45) is 5.73 Å². The molecule has 0 unspecified atom stereocenters. The van der Waals surface area contributed by atoms with Crippen LogP contribution in [-0.2, 0) is 4.79 Å². The molecule has 0 rings (SSSR count). The van der Waals surface area contributed by atoms with Crippen LogP contribution in [0.1, 0.15) is 46.5 Å². The number of carbonyl (C=O) groups is 1. The van der Waals surface area contributed by atoms with E-state index in [1.165, 1.54) is 11.1 Å². The highest BCUT2D eigenvalue weighted by Gasteiger charge is 1.92. The highest BCUT2D eigenvalue weighted by atomic mass is 16.1. The SMILES string of the molecule is CC(C)=CCCC(C)=CCCC(N)=O. The first-order valence-corrected chi connectivity index (χ1v) is 5.09. The number of carbonyl (C=O) groups excluding carboxylic acids is 1. The van der Waals surface area contributed by atoms with Crippen LogP contribution in [0.25, 0.3) is 0 Å². The van der Waals surface area contributed by atoms with Crippen LogP contribution in [0.2, 0.25) is 0 Å². The smallest absolute Gasteiger partial charge is 0.217 e. The van der Waals surface area contributed by atoms with Gasteiger partial charge in [-0.25, -0.2) is 0 Å². The maximum atomic E-state index is 10.5. The molecule has 80 valence electrons. The molecule has 2 N–H and O–H groups in total. The van der Waals surface area contributed by atoms with Gasteiger partial charge in [0.15, 0.2) is 0 Å². The predicted molar refractivity (Wildman–Crippen MR) is 60.9 cm³/mol. The average molecular weight is 195 g/mol. The Bertz CT molecular complexity index is 235. The molecule has 0 aliphatic carbocycles. The topological polar surface area (TPSA) is 43.1 Å². The van der Waals surface area contributed by atoms with E-state index in [0.717, 1.165) is 19.3 Å². The van der Waals surface area contributed by atoms with Gasteiger partial charge in [0.25, 0.3) is 0 Å². The summed E-state index contributed by atoms with van der Waals surface area (Å²) in [6.45, 7) is 6.30. The highest BCUT2D eigenvalue weighted by molar-refractivity contribution is 5.73. The van der Waals surface area contributed by atoms with Gasteiger partial charge in [-0.2, -0.15) is 0 Å². The molecule has 0 bridgehead atoms. The fraction of sp³-hybridized carbons (Fsp3) is 0.583. The van der Waals surface area contributed by atoms with Gasteiger partial charge in [0.1, 0.15) is 0 Å². The molecule has 0 aromatic carbocycles. The van der Waals surface area contributed by atoms with E-state index in [1.54, 1.807) is 0 Å². The summed E-state index contributed by atoms with van der Waals surface area (Å²) in [5, 5.41) is 0. The number of amides is 1. The molecular weight excluding hydrogens is 174 g/mol. The van der Waals surface area contributed by atoms with Gasteiger partial charge in [0, 0.05) is 6.42 Å². The zero-order valence-electron chi connectivity index (χ0n) is 9.47. The molecule has 0 aliphatic rings. The number of allylic oxidation sites excluding steroid dienone is 4. The third kappa shape index (κ3) is 9.04. The summed E-state index contributed by atoms with van der Waals surface area (Å²) >= 11 is 0. The van der Waals surface area contributed by atoms with E-state index in [0.29, 0.717) is 6.42 Å². The van der Waals surface area contributed by atoms with Crippen molar-refractivity contribution in [2.75, 3.05) is 0 Å². The van der Waals surface area contributed by atoms with Gasteiger partial charge in [-0.1, -0.05) is 23.3 Å². The number of hydrogen-bond acceptors (Lipinski definition) is 1. The summed E-state index contributed by atoms with van der Waals surface area (Å²) in [7, 11) is 0. The first kappa shape index (κ1) is 12.9. The maximum Gasteiger partial charge on any atom is 0.217 e. The zero-order chi connectivity index (χ0) is 11.0. The van der Waals surface area contributed by atoms with Crippen LogP contribution < -0.4 is 5.73 Å². The summed E-state index contributed by atoms with van der Waals surface area (Å²) < 4.78 is 0. The van der Waals surface area contributed by atoms with E-state index in [9.17, 15) is 4.79 Å². The second-order valence-electron chi connectivity index (χ2n) is 3.88. The predicted octanol–water partition coefficient (Wildman–Crippen LogP) is 2.94. The minimum atomic E-state index is -0.224. The van der Waals surface area contributed by atoms with Crippen molar-refractivity contribution >= 4 is 5.91 Å². The number of nitrogens with two attached hydrogens (primary N) is 1. The van der Waals surface area contributed by atoms with Gasteiger partial charge in [-0.3, -0.25) is 4.79 Å². The van der Waals surface area contributed by atoms with E-state index in [2.05, 4.69) is 32.9 Å². The van der Waals surface area contributed by atoms with Crippen LogP contribution in [0.15, 0.2) is 23.3 Å². The Balaban J connectivity index is 3.67. The lowest BCUT2D eigenvalue weighted by Gasteiger charge is -1.98. The largest absolute Gasteiger partial charge is 0.370 e. The van der Waals surface area contributed by atoms with Crippen molar-refractivity contribution in [3.8, 4) is 0 Å². The van der Waals surface area contributed by atoms with E-state index >= 15 is 0 Å². The summed E-state index contributed by atoms with van der Waals surface area (Å²) in [6.07, 6.45) is 7.72. The van der Waals surface area contributed by atoms with E-state index in [1.807, 2.05) is 0 Å². The maximum absolute atomic E-state index is 10.5. The highest BCUT2D eigenvalue weighted by Crippen LogP contribution is 2.08. The lowest BCUT2D eigenvalue weighted by Crippen LogP contribution is -2.08. The fourth-order valence-corrected chi connectivity index (χ4v) is 1.15. The molecule has 2 nitrogen and oxygen atoms in total. The second kappa shape index (κ2) is 7.36. The molecule has 1 amide bonds. The summed E-state index contributed by atoms with van der Waals surface area (Å²) in [6, 6.07) is 0. The van der Waals surface area contributed by atoms with E-state index in [-0.39, 0.29) is 5.91 Å². The second-order valence-corrected chi connectivity index (χ2v) is 3.88. The molecule has 0 heterocycles. The number of hydrogen-bond donors (Lipinski definition) is 1. The van der Waals surface area contributed by atoms with Gasteiger partial charge >= 0.3 is 0 Å². The first-order valence-electron chi connectivity index (χ1n) is 5.09. The molecule has 0 aromatic rings. The molecule has 14 heavy (non-hydrogen) atoms. The Hall–Kier alpha value is -1.05. The zero-order valence-corrected chi connectivity index (χ0v) is 9.47. The summed E-state index contributed by atoms with van der Waals surface area (Å²) in [5.74, 6) is -0.224. The van der Waals surface area contributed by atoms with Crippen molar-refractivity contribution in [3.05, 3.63) is 23.3 Å². The van der Waals surface area contributed by atoms with Crippen LogP contribution in [0.5, 0.6) is 0 Å². The minimum absolute atomic E-state index is 0.224. The lowest BCUT2D eigenvalue weighted by molar-refractivity contribution is -0.117. The van der Waals surface area contributed by atoms with Crippen molar-refractivity contribution < 1.29 is 4.79 Å². The monoisotopic (exact) mass is 195 g/mol. The standard InChI is InChI=1S/C12H21NO/c1-10(2)6-4-7-11(3)8-5-9-12(13)14/h6,8H,4-5,7,9H2,1-3H3,(H2,13,14). The molecule has 2 heteroatoms. The summed E-state index contributed by atoms with van der Waals surface area (Å²) in [4.78, 5) is 10.5. The van der Waals surface area contributed by atoms with Crippen LogP contribution in [0.3, 0.4) is 0 Å². The molecule has 0 fully saturated rings. The van der Waals surface area contributed by atoms with Gasteiger partial charge in [-0.15, -0.1) is 0 Å². The van der Waals surface area contributed by atoms with Gasteiger partial charge in [0.05, 0.1) is 0 Å². The third-order valence-electron chi connectivity index (χ3n) is 1.97. The van der Waals surface area contributed by atoms with Gasteiger partial charge in [0.2, 0.25) is 5.91 Å². The molecule has 0 aromatic heterocycles. The van der Waals surface area contributed by atoms with Crippen molar-refractivity contribution in [3.63, 3.8) is 0 Å². The Labute approximate surface area is 86.9 Å². The van der Waals surface area contributed by atoms with Crippen molar-refractivity contribution in [1.29, 1.82) is 0 Å². The quantitative estimate of drug-likeness (QED) is 0.650. The first-order chi connectivity index (χ1) is 6.52. The third-order valence-corrected chi connectivity index (χ3v) is 1.97. The lowest BCUT2D eigenvalue weighted by atomic mass is 10.1. The number of primary amides is 1. The molecule has 0 saturated heterocycles. The molecule has 0 radical (unpaired) electrons. The van der Waals surface area contributed by atoms with Crippen molar-refractivity contribution in [2.45, 2.75) is 46.5 Å². The number of rotatable bonds is 6. The van der Waals surface area contributed by atoms with Gasteiger partial charge < -0.3 is 5.73 Å². The Kier molecular flexibility index (Phi) is 6.81. The van der Waals surface area contributed by atoms with Crippen LogP contribution in [-0.4, -0.2) is 5.91 Å². The van der Waals surface area contributed by atoms with Crippen LogP contribution in [0.4, 0.5) is 0 Å². The molecule has 0 saturated carbocycles.